The Balaban J connectivity index is 2.31. The van der Waals surface area contributed by atoms with Crippen molar-refractivity contribution in [3.8, 4) is 0 Å². The molecule has 0 fully saturated rings. The summed E-state index contributed by atoms with van der Waals surface area (Å²) in [6.07, 6.45) is 2.58. The Morgan fingerprint density at radius 2 is 1.95 bits per heavy atom. The molecule has 1 aromatic heterocycles. The van der Waals surface area contributed by atoms with Crippen LogP contribution >= 0.6 is 11.8 Å². The molecule has 9 heteroatoms. The second-order valence-electron chi connectivity index (χ2n) is 4.08. The molecular weight excluding hydrogens is 312 g/mol. The third kappa shape index (κ3) is 3.70. The molecule has 2 aromatic rings. The number of sulfone groups is 1. The van der Waals surface area contributed by atoms with E-state index in [0.717, 1.165) is 11.2 Å². The van der Waals surface area contributed by atoms with Crippen LogP contribution in [0.25, 0.3) is 0 Å². The van der Waals surface area contributed by atoms with Crippen molar-refractivity contribution in [2.75, 3.05) is 6.26 Å². The molecule has 0 saturated carbocycles. The van der Waals surface area contributed by atoms with Gasteiger partial charge in [0.05, 0.1) is 16.7 Å². The zero-order valence-corrected chi connectivity index (χ0v) is 12.6. The number of hydrogen-bond acceptors (Lipinski definition) is 7. The van der Waals surface area contributed by atoms with E-state index in [0.29, 0.717) is 10.6 Å². The fraction of sp³-hybridized carbons (Fsp3) is 0.0833. The molecule has 1 aromatic carbocycles. The molecule has 7 nitrogen and oxygen atoms in total. The van der Waals surface area contributed by atoms with Gasteiger partial charge in [-0.2, -0.15) is 5.10 Å². The fourth-order valence-electron chi connectivity index (χ4n) is 1.51. The van der Waals surface area contributed by atoms with Gasteiger partial charge in [-0.05, 0) is 30.3 Å². The van der Waals surface area contributed by atoms with Crippen LogP contribution < -0.4 is 5.73 Å². The number of rotatable bonds is 4. The quantitative estimate of drug-likeness (QED) is 0.374. The molecular formula is C12H12N4O3S2. The minimum atomic E-state index is -3.23. The molecule has 2 rings (SSSR count). The standard InChI is InChI=1S/C12H12N4O3S2/c1-21(18,19)9-4-2-8(3-5-9)20-12-10(11(13)16-17)6-7-14-15-12/h2-7,17H,1H3,(H2,13,16). The second kappa shape index (κ2) is 6.10. The highest BCUT2D eigenvalue weighted by atomic mass is 32.2. The Kier molecular flexibility index (Phi) is 4.43. The van der Waals surface area contributed by atoms with Crippen molar-refractivity contribution >= 4 is 27.4 Å². The average molecular weight is 324 g/mol. The van der Waals surface area contributed by atoms with Crippen LogP contribution in [0.5, 0.6) is 0 Å². The maximum atomic E-state index is 11.4. The highest BCUT2D eigenvalue weighted by molar-refractivity contribution is 7.99. The van der Waals surface area contributed by atoms with Crippen LogP contribution in [0.2, 0.25) is 0 Å². The second-order valence-corrected chi connectivity index (χ2v) is 7.16. The summed E-state index contributed by atoms with van der Waals surface area (Å²) in [5, 5.41) is 19.8. The molecule has 1 heterocycles. The predicted octanol–water partition coefficient (Wildman–Crippen LogP) is 1.13. The maximum Gasteiger partial charge on any atom is 0.175 e. The van der Waals surface area contributed by atoms with Crippen LogP contribution in [0.15, 0.2) is 56.5 Å². The first-order chi connectivity index (χ1) is 9.91. The van der Waals surface area contributed by atoms with E-state index >= 15 is 0 Å². The van der Waals surface area contributed by atoms with Gasteiger partial charge in [-0.3, -0.25) is 0 Å². The number of nitrogens with zero attached hydrogens (tertiary/aromatic N) is 3. The van der Waals surface area contributed by atoms with E-state index in [9.17, 15) is 8.42 Å². The summed E-state index contributed by atoms with van der Waals surface area (Å²) in [5.41, 5.74) is 6.02. The molecule has 3 N–H and O–H groups in total. The van der Waals surface area contributed by atoms with Gasteiger partial charge < -0.3 is 10.9 Å². The van der Waals surface area contributed by atoms with Crippen molar-refractivity contribution in [1.82, 2.24) is 10.2 Å². The Bertz CT molecular complexity index is 773. The van der Waals surface area contributed by atoms with Crippen LogP contribution in [0, 0.1) is 0 Å². The van der Waals surface area contributed by atoms with E-state index in [1.165, 1.54) is 30.1 Å². The molecule has 0 unspecified atom stereocenters. The van der Waals surface area contributed by atoms with Crippen LogP contribution in [-0.2, 0) is 9.84 Å². The smallest absolute Gasteiger partial charge is 0.175 e. The third-order valence-electron chi connectivity index (χ3n) is 2.54. The molecule has 0 saturated heterocycles. The van der Waals surface area contributed by atoms with Gasteiger partial charge in [0.1, 0.15) is 5.03 Å². The fourth-order valence-corrected chi connectivity index (χ4v) is 3.01. The van der Waals surface area contributed by atoms with Gasteiger partial charge >= 0.3 is 0 Å². The minimum Gasteiger partial charge on any atom is -0.409 e. The van der Waals surface area contributed by atoms with E-state index in [-0.39, 0.29) is 10.7 Å². The van der Waals surface area contributed by atoms with Gasteiger partial charge in [0, 0.05) is 11.2 Å². The van der Waals surface area contributed by atoms with Gasteiger partial charge in [0.15, 0.2) is 15.7 Å². The lowest BCUT2D eigenvalue weighted by molar-refractivity contribution is 0.318. The Morgan fingerprint density at radius 3 is 2.52 bits per heavy atom. The van der Waals surface area contributed by atoms with Crippen molar-refractivity contribution in [2.45, 2.75) is 14.8 Å². The average Bonchev–Trinajstić information content (AvgIpc) is 2.46. The van der Waals surface area contributed by atoms with Crippen molar-refractivity contribution in [3.05, 3.63) is 42.1 Å². The summed E-state index contributed by atoms with van der Waals surface area (Å²) in [5.74, 6) is -0.0693. The minimum absolute atomic E-state index is 0.0693. The molecule has 110 valence electrons. The van der Waals surface area contributed by atoms with Crippen molar-refractivity contribution in [2.24, 2.45) is 10.9 Å². The molecule has 0 aliphatic heterocycles. The molecule has 0 atom stereocenters. The monoisotopic (exact) mass is 324 g/mol. The first-order valence-electron chi connectivity index (χ1n) is 5.69. The zero-order chi connectivity index (χ0) is 15.5. The third-order valence-corrected chi connectivity index (χ3v) is 4.67. The lowest BCUT2D eigenvalue weighted by Crippen LogP contribution is -2.15. The molecule has 0 bridgehead atoms. The number of benzene rings is 1. The molecule has 0 amide bonds. The van der Waals surface area contributed by atoms with E-state index in [4.69, 9.17) is 10.9 Å². The molecule has 0 aliphatic carbocycles. The van der Waals surface area contributed by atoms with Gasteiger partial charge in [-0.15, -0.1) is 5.10 Å². The maximum absolute atomic E-state index is 11.4. The summed E-state index contributed by atoms with van der Waals surface area (Å²) in [6, 6.07) is 7.92. The van der Waals surface area contributed by atoms with Crippen LogP contribution in [0.1, 0.15) is 5.56 Å². The van der Waals surface area contributed by atoms with Gasteiger partial charge in [0.2, 0.25) is 0 Å². The van der Waals surface area contributed by atoms with Crippen molar-refractivity contribution in [1.29, 1.82) is 0 Å². The summed E-state index contributed by atoms with van der Waals surface area (Å²) < 4.78 is 22.8. The lowest BCUT2D eigenvalue weighted by Gasteiger charge is -2.06. The number of hydrogen-bond donors (Lipinski definition) is 2. The van der Waals surface area contributed by atoms with E-state index in [1.807, 2.05) is 0 Å². The highest BCUT2D eigenvalue weighted by Gasteiger charge is 2.11. The van der Waals surface area contributed by atoms with Crippen molar-refractivity contribution < 1.29 is 13.6 Å². The Labute approximate surface area is 125 Å². The number of nitrogens with two attached hydrogens (primary N) is 1. The van der Waals surface area contributed by atoms with E-state index < -0.39 is 9.84 Å². The Hall–Kier alpha value is -2.13. The van der Waals surface area contributed by atoms with E-state index in [1.54, 1.807) is 18.2 Å². The molecule has 21 heavy (non-hydrogen) atoms. The van der Waals surface area contributed by atoms with Crippen molar-refractivity contribution in [3.63, 3.8) is 0 Å². The summed E-state index contributed by atoms with van der Waals surface area (Å²) in [7, 11) is -3.23. The molecule has 0 spiro atoms. The predicted molar refractivity (Wildman–Crippen MR) is 78.2 cm³/mol. The van der Waals surface area contributed by atoms with Gasteiger partial charge in [-0.1, -0.05) is 16.9 Å². The van der Waals surface area contributed by atoms with Crippen LogP contribution in [0.4, 0.5) is 0 Å². The first-order valence-corrected chi connectivity index (χ1v) is 8.40. The SMILES string of the molecule is CS(=O)(=O)c1ccc(Sc2nnccc2/C(N)=N/O)cc1. The summed E-state index contributed by atoms with van der Waals surface area (Å²) in [4.78, 5) is 0.998. The molecule has 0 radical (unpaired) electrons. The highest BCUT2D eigenvalue weighted by Crippen LogP contribution is 2.28. The summed E-state index contributed by atoms with van der Waals surface area (Å²) >= 11 is 1.24. The van der Waals surface area contributed by atoms with Crippen LogP contribution in [-0.4, -0.2) is 35.9 Å². The number of aromatic nitrogens is 2. The normalized spacial score (nSPS) is 12.3. The molecule has 0 aliphatic rings. The lowest BCUT2D eigenvalue weighted by atomic mass is 10.3. The van der Waals surface area contributed by atoms with Gasteiger partial charge in [-0.25, -0.2) is 8.42 Å². The summed E-state index contributed by atoms with van der Waals surface area (Å²) in [6.45, 7) is 0. The Morgan fingerprint density at radius 1 is 1.29 bits per heavy atom. The first kappa shape index (κ1) is 15.3. The number of amidine groups is 1. The topological polar surface area (TPSA) is 119 Å². The van der Waals surface area contributed by atoms with Crippen LogP contribution in [0.3, 0.4) is 0 Å². The zero-order valence-electron chi connectivity index (χ0n) is 11.0. The van der Waals surface area contributed by atoms with Gasteiger partial charge in [0.25, 0.3) is 0 Å². The largest absolute Gasteiger partial charge is 0.409 e. The van der Waals surface area contributed by atoms with E-state index in [2.05, 4.69) is 15.4 Å². The number of oxime groups is 1.